The molecule has 0 aliphatic carbocycles. The highest BCUT2D eigenvalue weighted by Crippen LogP contribution is 2.15. The van der Waals surface area contributed by atoms with Gasteiger partial charge in [0.15, 0.2) is 9.84 Å². The van der Waals surface area contributed by atoms with Crippen LogP contribution in [0.2, 0.25) is 0 Å². The molecular weight excluding hydrogens is 301 g/mol. The Bertz CT molecular complexity index is 868. The molecule has 2 aromatic rings. The Morgan fingerprint density at radius 3 is 2.19 bits per heavy atom. The highest BCUT2D eigenvalue weighted by atomic mass is 32.2. The molecule has 0 radical (unpaired) electrons. The van der Waals surface area contributed by atoms with Crippen LogP contribution < -0.4 is 5.56 Å². The standard InChI is InChI=1S/C13H10FNO5S/c1-21(19,20)11-7-6-10(13(17)18)12(16)15(11)9-4-2-8(14)3-5-9/h2-7H,1H3,(H,17,18). The van der Waals surface area contributed by atoms with Crippen LogP contribution in [0.25, 0.3) is 5.69 Å². The van der Waals surface area contributed by atoms with Gasteiger partial charge in [-0.05, 0) is 36.4 Å². The van der Waals surface area contributed by atoms with Crippen LogP contribution in [0.3, 0.4) is 0 Å². The van der Waals surface area contributed by atoms with Gasteiger partial charge in [0.2, 0.25) is 0 Å². The van der Waals surface area contributed by atoms with E-state index in [1.165, 1.54) is 12.1 Å². The zero-order valence-electron chi connectivity index (χ0n) is 10.8. The smallest absolute Gasteiger partial charge is 0.341 e. The Balaban J connectivity index is 2.89. The van der Waals surface area contributed by atoms with Crippen molar-refractivity contribution in [1.29, 1.82) is 0 Å². The number of nitrogens with zero attached hydrogens (tertiary/aromatic N) is 1. The summed E-state index contributed by atoms with van der Waals surface area (Å²) in [5.41, 5.74) is -1.52. The summed E-state index contributed by atoms with van der Waals surface area (Å²) >= 11 is 0. The van der Waals surface area contributed by atoms with Gasteiger partial charge < -0.3 is 5.11 Å². The molecule has 21 heavy (non-hydrogen) atoms. The van der Waals surface area contributed by atoms with Crippen molar-refractivity contribution in [3.05, 3.63) is 58.1 Å². The van der Waals surface area contributed by atoms with E-state index in [0.717, 1.165) is 35.1 Å². The number of carboxylic acids is 1. The molecule has 0 unspecified atom stereocenters. The fourth-order valence-electron chi connectivity index (χ4n) is 1.81. The zero-order chi connectivity index (χ0) is 15.8. The second kappa shape index (κ2) is 5.13. The minimum atomic E-state index is -3.78. The van der Waals surface area contributed by atoms with Crippen molar-refractivity contribution in [1.82, 2.24) is 4.57 Å². The number of carbonyl (C=O) groups is 1. The van der Waals surface area contributed by atoms with Gasteiger partial charge in [0.1, 0.15) is 16.4 Å². The van der Waals surface area contributed by atoms with Crippen LogP contribution in [-0.4, -0.2) is 30.3 Å². The van der Waals surface area contributed by atoms with E-state index in [0.29, 0.717) is 0 Å². The molecule has 0 aliphatic heterocycles. The number of halogens is 1. The van der Waals surface area contributed by atoms with Crippen molar-refractivity contribution in [3.8, 4) is 5.69 Å². The Kier molecular flexibility index (Phi) is 3.65. The molecule has 1 N–H and O–H groups in total. The predicted molar refractivity (Wildman–Crippen MR) is 72.1 cm³/mol. The lowest BCUT2D eigenvalue weighted by Gasteiger charge is -2.12. The summed E-state index contributed by atoms with van der Waals surface area (Å²) in [6.45, 7) is 0. The van der Waals surface area contributed by atoms with Crippen LogP contribution in [0.4, 0.5) is 4.39 Å². The first kappa shape index (κ1) is 14.9. The normalized spacial score (nSPS) is 11.3. The third-order valence-corrected chi connectivity index (χ3v) is 3.82. The SMILES string of the molecule is CS(=O)(=O)c1ccc(C(=O)O)c(=O)n1-c1ccc(F)cc1. The van der Waals surface area contributed by atoms with Gasteiger partial charge in [0.05, 0.1) is 5.69 Å². The topological polar surface area (TPSA) is 93.4 Å². The first-order valence-electron chi connectivity index (χ1n) is 5.67. The monoisotopic (exact) mass is 311 g/mol. The summed E-state index contributed by atoms with van der Waals surface area (Å²) in [5.74, 6) is -2.04. The number of benzene rings is 1. The molecule has 1 aromatic heterocycles. The predicted octanol–water partition coefficient (Wildman–Crippen LogP) is 1.08. The second-order valence-electron chi connectivity index (χ2n) is 4.28. The summed E-state index contributed by atoms with van der Waals surface area (Å²) in [5, 5.41) is 8.58. The number of rotatable bonds is 3. The van der Waals surface area contributed by atoms with Crippen molar-refractivity contribution in [3.63, 3.8) is 0 Å². The molecule has 1 aromatic carbocycles. The third kappa shape index (κ3) is 2.84. The van der Waals surface area contributed by atoms with Gasteiger partial charge >= 0.3 is 5.97 Å². The van der Waals surface area contributed by atoms with E-state index in [1.807, 2.05) is 0 Å². The zero-order valence-corrected chi connectivity index (χ0v) is 11.6. The summed E-state index contributed by atoms with van der Waals surface area (Å²) in [6, 6.07) is 6.43. The van der Waals surface area contributed by atoms with Gasteiger partial charge in [-0.25, -0.2) is 17.6 Å². The van der Waals surface area contributed by atoms with Crippen LogP contribution in [0.5, 0.6) is 0 Å². The quantitative estimate of drug-likeness (QED) is 0.915. The minimum absolute atomic E-state index is 0.0601. The average molecular weight is 311 g/mol. The molecule has 0 amide bonds. The molecule has 1 heterocycles. The second-order valence-corrected chi connectivity index (χ2v) is 6.24. The lowest BCUT2D eigenvalue weighted by atomic mass is 10.2. The molecule has 0 bridgehead atoms. The van der Waals surface area contributed by atoms with Gasteiger partial charge in [-0.3, -0.25) is 9.36 Å². The number of hydrogen-bond donors (Lipinski definition) is 1. The largest absolute Gasteiger partial charge is 0.477 e. The maximum Gasteiger partial charge on any atom is 0.341 e. The molecule has 0 aliphatic rings. The molecule has 0 spiro atoms. The van der Waals surface area contributed by atoms with Crippen LogP contribution in [0.15, 0.2) is 46.2 Å². The maximum absolute atomic E-state index is 12.9. The third-order valence-electron chi connectivity index (χ3n) is 2.74. The molecule has 2 rings (SSSR count). The van der Waals surface area contributed by atoms with Crippen molar-refractivity contribution in [2.24, 2.45) is 0 Å². The highest BCUT2D eigenvalue weighted by molar-refractivity contribution is 7.90. The van der Waals surface area contributed by atoms with Crippen molar-refractivity contribution in [2.45, 2.75) is 5.03 Å². The fourth-order valence-corrected chi connectivity index (χ4v) is 2.64. The fraction of sp³-hybridized carbons (Fsp3) is 0.0769. The first-order valence-corrected chi connectivity index (χ1v) is 7.56. The van der Waals surface area contributed by atoms with E-state index >= 15 is 0 Å². The van der Waals surface area contributed by atoms with Gasteiger partial charge in [0, 0.05) is 6.26 Å². The number of carboxylic acid groups (broad SMARTS) is 1. The average Bonchev–Trinajstić information content (AvgIpc) is 2.38. The van der Waals surface area contributed by atoms with E-state index < -0.39 is 32.7 Å². The molecule has 0 saturated heterocycles. The number of hydrogen-bond acceptors (Lipinski definition) is 4. The number of pyridine rings is 1. The van der Waals surface area contributed by atoms with Crippen LogP contribution in [0.1, 0.15) is 10.4 Å². The van der Waals surface area contributed by atoms with E-state index in [9.17, 15) is 22.4 Å². The molecular formula is C13H10FNO5S. The van der Waals surface area contributed by atoms with E-state index in [-0.39, 0.29) is 10.7 Å². The Labute approximate surface area is 119 Å². The van der Waals surface area contributed by atoms with Gasteiger partial charge in [-0.2, -0.15) is 0 Å². The van der Waals surface area contributed by atoms with E-state index in [4.69, 9.17) is 5.11 Å². The number of aromatic nitrogens is 1. The van der Waals surface area contributed by atoms with E-state index in [2.05, 4.69) is 0 Å². The molecule has 0 atom stereocenters. The summed E-state index contributed by atoms with van der Waals surface area (Å²) in [7, 11) is -3.78. The maximum atomic E-state index is 12.9. The van der Waals surface area contributed by atoms with Gasteiger partial charge in [0.25, 0.3) is 5.56 Å². The lowest BCUT2D eigenvalue weighted by molar-refractivity contribution is 0.0694. The Morgan fingerprint density at radius 2 is 1.71 bits per heavy atom. The van der Waals surface area contributed by atoms with E-state index in [1.54, 1.807) is 0 Å². The van der Waals surface area contributed by atoms with Crippen molar-refractivity contribution >= 4 is 15.8 Å². The van der Waals surface area contributed by atoms with Gasteiger partial charge in [-0.15, -0.1) is 0 Å². The van der Waals surface area contributed by atoms with Crippen molar-refractivity contribution < 1.29 is 22.7 Å². The Morgan fingerprint density at radius 1 is 1.14 bits per heavy atom. The minimum Gasteiger partial charge on any atom is -0.477 e. The molecule has 110 valence electrons. The number of sulfone groups is 1. The molecule has 6 nitrogen and oxygen atoms in total. The summed E-state index contributed by atoms with van der Waals surface area (Å²) in [4.78, 5) is 23.2. The molecule has 8 heteroatoms. The highest BCUT2D eigenvalue weighted by Gasteiger charge is 2.20. The van der Waals surface area contributed by atoms with Crippen LogP contribution in [-0.2, 0) is 9.84 Å². The lowest BCUT2D eigenvalue weighted by Crippen LogP contribution is -2.28. The first-order chi connectivity index (χ1) is 9.71. The molecule has 0 fully saturated rings. The number of aromatic carboxylic acids is 1. The van der Waals surface area contributed by atoms with Crippen LogP contribution in [0, 0.1) is 5.82 Å². The van der Waals surface area contributed by atoms with Gasteiger partial charge in [-0.1, -0.05) is 0 Å². The van der Waals surface area contributed by atoms with Crippen molar-refractivity contribution in [2.75, 3.05) is 6.26 Å². The summed E-state index contributed by atoms with van der Waals surface area (Å²) in [6.07, 6.45) is 0.891. The molecule has 0 saturated carbocycles. The Hall–Kier alpha value is -2.48. The summed E-state index contributed by atoms with van der Waals surface area (Å²) < 4.78 is 37.2. The van der Waals surface area contributed by atoms with Crippen LogP contribution >= 0.6 is 0 Å².